The quantitative estimate of drug-likeness (QED) is 0.878. The number of ether oxygens (including phenoxy) is 1. The third kappa shape index (κ3) is 4.11. The van der Waals surface area contributed by atoms with Gasteiger partial charge in [0.1, 0.15) is 5.75 Å². The van der Waals surface area contributed by atoms with Crippen LogP contribution in [0.5, 0.6) is 5.75 Å². The largest absolute Gasteiger partial charge is 0.508 e. The summed E-state index contributed by atoms with van der Waals surface area (Å²) in [5, 5.41) is 9.90. The highest BCUT2D eigenvalue weighted by Crippen LogP contribution is 2.24. The molecule has 0 atom stereocenters. The first-order valence-electron chi connectivity index (χ1n) is 6.96. The molecule has 4 nitrogen and oxygen atoms in total. The maximum Gasteiger partial charge on any atom is 0.118 e. The second-order valence-electron chi connectivity index (χ2n) is 5.27. The number of phenols is 1. The molecule has 0 saturated carbocycles. The Hall–Kier alpha value is -1.26. The lowest BCUT2D eigenvalue weighted by Gasteiger charge is -2.26. The SMILES string of the molecule is CN(C)c1ccc(O)c(CCCN2CCOCC2)c1. The van der Waals surface area contributed by atoms with Gasteiger partial charge in [0.2, 0.25) is 0 Å². The third-order valence-corrected chi connectivity index (χ3v) is 3.60. The van der Waals surface area contributed by atoms with Crippen LogP contribution in [0, 0.1) is 0 Å². The van der Waals surface area contributed by atoms with Crippen molar-refractivity contribution in [3.05, 3.63) is 23.8 Å². The van der Waals surface area contributed by atoms with Crippen LogP contribution in [-0.4, -0.2) is 56.9 Å². The number of aromatic hydroxyl groups is 1. The predicted octanol–water partition coefficient (Wildman–Crippen LogP) is 1.72. The molecular formula is C15H24N2O2. The number of phenolic OH excluding ortho intramolecular Hbond substituents is 1. The Balaban J connectivity index is 1.86. The molecule has 1 aliphatic rings. The summed E-state index contributed by atoms with van der Waals surface area (Å²) in [6.07, 6.45) is 2.00. The number of hydrogen-bond donors (Lipinski definition) is 1. The first-order chi connectivity index (χ1) is 9.16. The van der Waals surface area contributed by atoms with E-state index in [2.05, 4.69) is 15.9 Å². The summed E-state index contributed by atoms with van der Waals surface area (Å²) in [6, 6.07) is 5.81. The maximum absolute atomic E-state index is 9.90. The van der Waals surface area contributed by atoms with Crippen molar-refractivity contribution in [2.24, 2.45) is 0 Å². The summed E-state index contributed by atoms with van der Waals surface area (Å²) in [4.78, 5) is 4.49. The van der Waals surface area contributed by atoms with Crippen molar-refractivity contribution < 1.29 is 9.84 Å². The fraction of sp³-hybridized carbons (Fsp3) is 0.600. The summed E-state index contributed by atoms with van der Waals surface area (Å²) in [5.41, 5.74) is 2.18. The second-order valence-corrected chi connectivity index (χ2v) is 5.27. The second kappa shape index (κ2) is 6.78. The summed E-state index contributed by atoms with van der Waals surface area (Å²) in [7, 11) is 4.04. The van der Waals surface area contributed by atoms with Crippen LogP contribution in [0.2, 0.25) is 0 Å². The maximum atomic E-state index is 9.90. The van der Waals surface area contributed by atoms with Gasteiger partial charge in [-0.25, -0.2) is 0 Å². The summed E-state index contributed by atoms with van der Waals surface area (Å²) in [5.74, 6) is 0.410. The molecule has 1 saturated heterocycles. The van der Waals surface area contributed by atoms with Crippen LogP contribution in [0.3, 0.4) is 0 Å². The minimum Gasteiger partial charge on any atom is -0.508 e. The van der Waals surface area contributed by atoms with Gasteiger partial charge in [-0.2, -0.15) is 0 Å². The molecule has 1 fully saturated rings. The van der Waals surface area contributed by atoms with Crippen molar-refractivity contribution in [3.8, 4) is 5.75 Å². The lowest BCUT2D eigenvalue weighted by atomic mass is 10.1. The van der Waals surface area contributed by atoms with Crippen molar-refractivity contribution in [1.29, 1.82) is 0 Å². The van der Waals surface area contributed by atoms with Gasteiger partial charge >= 0.3 is 0 Å². The van der Waals surface area contributed by atoms with Crippen LogP contribution < -0.4 is 4.90 Å². The Bertz CT molecular complexity index is 401. The van der Waals surface area contributed by atoms with E-state index in [-0.39, 0.29) is 0 Å². The minimum absolute atomic E-state index is 0.410. The first kappa shape index (κ1) is 14.2. The van der Waals surface area contributed by atoms with Gasteiger partial charge in [-0.1, -0.05) is 0 Å². The monoisotopic (exact) mass is 264 g/mol. The highest BCUT2D eigenvalue weighted by molar-refractivity contribution is 5.51. The molecule has 0 unspecified atom stereocenters. The van der Waals surface area contributed by atoms with E-state index in [9.17, 15) is 5.11 Å². The average Bonchev–Trinajstić information content (AvgIpc) is 2.42. The normalized spacial score (nSPS) is 16.5. The number of nitrogens with zero attached hydrogens (tertiary/aromatic N) is 2. The van der Waals surface area contributed by atoms with E-state index in [1.165, 1.54) is 0 Å². The first-order valence-corrected chi connectivity index (χ1v) is 6.96. The van der Waals surface area contributed by atoms with E-state index in [4.69, 9.17) is 4.74 Å². The van der Waals surface area contributed by atoms with Crippen LogP contribution in [0.1, 0.15) is 12.0 Å². The molecule has 0 amide bonds. The molecule has 0 spiro atoms. The smallest absolute Gasteiger partial charge is 0.118 e. The van der Waals surface area contributed by atoms with Crippen molar-refractivity contribution >= 4 is 5.69 Å². The zero-order valence-electron chi connectivity index (χ0n) is 11.9. The van der Waals surface area contributed by atoms with Crippen LogP contribution >= 0.6 is 0 Å². The predicted molar refractivity (Wildman–Crippen MR) is 78.0 cm³/mol. The van der Waals surface area contributed by atoms with E-state index in [1.54, 1.807) is 6.07 Å². The number of benzene rings is 1. The Kier molecular flexibility index (Phi) is 5.05. The number of hydrogen-bond acceptors (Lipinski definition) is 4. The van der Waals surface area contributed by atoms with Crippen molar-refractivity contribution in [2.45, 2.75) is 12.8 Å². The Morgan fingerprint density at radius 3 is 2.68 bits per heavy atom. The number of rotatable bonds is 5. The number of anilines is 1. The van der Waals surface area contributed by atoms with Crippen molar-refractivity contribution in [2.75, 3.05) is 51.8 Å². The lowest BCUT2D eigenvalue weighted by molar-refractivity contribution is 0.0374. The third-order valence-electron chi connectivity index (χ3n) is 3.60. The Morgan fingerprint density at radius 1 is 1.26 bits per heavy atom. The molecule has 19 heavy (non-hydrogen) atoms. The fourth-order valence-corrected chi connectivity index (χ4v) is 2.37. The van der Waals surface area contributed by atoms with E-state index in [0.29, 0.717) is 5.75 Å². The molecular weight excluding hydrogens is 240 g/mol. The highest BCUT2D eigenvalue weighted by atomic mass is 16.5. The van der Waals surface area contributed by atoms with Gasteiger partial charge in [-0.15, -0.1) is 0 Å². The summed E-state index contributed by atoms with van der Waals surface area (Å²) < 4.78 is 5.34. The van der Waals surface area contributed by atoms with Crippen LogP contribution in [0.25, 0.3) is 0 Å². The van der Waals surface area contributed by atoms with E-state index >= 15 is 0 Å². The lowest BCUT2D eigenvalue weighted by Crippen LogP contribution is -2.36. The minimum atomic E-state index is 0.410. The molecule has 1 aliphatic heterocycles. The van der Waals surface area contributed by atoms with Gasteiger partial charge in [0.15, 0.2) is 0 Å². The van der Waals surface area contributed by atoms with E-state index in [0.717, 1.165) is 56.9 Å². The van der Waals surface area contributed by atoms with Gasteiger partial charge in [-0.3, -0.25) is 4.90 Å². The van der Waals surface area contributed by atoms with Crippen molar-refractivity contribution in [1.82, 2.24) is 4.90 Å². The molecule has 2 rings (SSSR count). The topological polar surface area (TPSA) is 35.9 Å². The van der Waals surface area contributed by atoms with E-state index in [1.807, 2.05) is 20.2 Å². The fourth-order valence-electron chi connectivity index (χ4n) is 2.37. The van der Waals surface area contributed by atoms with E-state index < -0.39 is 0 Å². The molecule has 1 aromatic carbocycles. The molecule has 0 bridgehead atoms. The highest BCUT2D eigenvalue weighted by Gasteiger charge is 2.10. The zero-order valence-corrected chi connectivity index (χ0v) is 11.9. The van der Waals surface area contributed by atoms with Gasteiger partial charge in [0.25, 0.3) is 0 Å². The molecule has 1 aromatic rings. The van der Waals surface area contributed by atoms with Gasteiger partial charge in [-0.05, 0) is 43.1 Å². The molecule has 0 aromatic heterocycles. The summed E-state index contributed by atoms with van der Waals surface area (Å²) >= 11 is 0. The van der Waals surface area contributed by atoms with Crippen LogP contribution in [0.4, 0.5) is 5.69 Å². The zero-order chi connectivity index (χ0) is 13.7. The molecule has 4 heteroatoms. The number of aryl methyl sites for hydroxylation is 1. The van der Waals surface area contributed by atoms with Gasteiger partial charge in [0.05, 0.1) is 13.2 Å². The van der Waals surface area contributed by atoms with Crippen LogP contribution in [0.15, 0.2) is 18.2 Å². The number of morpholine rings is 1. The Morgan fingerprint density at radius 2 is 2.00 bits per heavy atom. The average molecular weight is 264 g/mol. The molecule has 1 N–H and O–H groups in total. The van der Waals surface area contributed by atoms with Gasteiger partial charge in [0, 0.05) is 32.9 Å². The standard InChI is InChI=1S/C15H24N2O2/c1-16(2)14-5-6-15(18)13(12-14)4-3-7-17-8-10-19-11-9-17/h5-6,12,18H,3-4,7-11H2,1-2H3. The molecule has 0 aliphatic carbocycles. The molecule has 1 heterocycles. The van der Waals surface area contributed by atoms with Crippen molar-refractivity contribution in [3.63, 3.8) is 0 Å². The van der Waals surface area contributed by atoms with Crippen LogP contribution in [-0.2, 0) is 11.2 Å². The Labute approximate surface area is 115 Å². The molecule has 106 valence electrons. The summed E-state index contributed by atoms with van der Waals surface area (Å²) in [6.45, 7) is 4.84. The van der Waals surface area contributed by atoms with Gasteiger partial charge < -0.3 is 14.7 Å². The molecule has 0 radical (unpaired) electrons.